The van der Waals surface area contributed by atoms with Crippen molar-refractivity contribution in [3.05, 3.63) is 18.0 Å². The molecule has 1 aliphatic carbocycles. The highest BCUT2D eigenvalue weighted by Crippen LogP contribution is 2.33. The van der Waals surface area contributed by atoms with E-state index in [0.29, 0.717) is 12.5 Å². The van der Waals surface area contributed by atoms with Crippen LogP contribution in [0.15, 0.2) is 17.2 Å². The Kier molecular flexibility index (Phi) is 4.19. The molecule has 7 heteroatoms. The van der Waals surface area contributed by atoms with E-state index in [2.05, 4.69) is 4.72 Å². The predicted octanol–water partition coefficient (Wildman–Crippen LogP) is 1.67. The van der Waals surface area contributed by atoms with Gasteiger partial charge in [0.05, 0.1) is 0 Å². The molecule has 1 saturated carbocycles. The molecule has 1 unspecified atom stereocenters. The van der Waals surface area contributed by atoms with Crippen LogP contribution in [0.25, 0.3) is 0 Å². The smallest absolute Gasteiger partial charge is 0.352 e. The Labute approximate surface area is 118 Å². The number of carbonyl (C=O) groups is 1. The van der Waals surface area contributed by atoms with Crippen LogP contribution >= 0.6 is 0 Å². The lowest BCUT2D eigenvalue weighted by molar-refractivity contribution is 0.0685. The lowest BCUT2D eigenvalue weighted by Crippen LogP contribution is -2.33. The summed E-state index contributed by atoms with van der Waals surface area (Å²) in [4.78, 5) is 11.2. The number of aromatic nitrogens is 1. The largest absolute Gasteiger partial charge is 0.477 e. The van der Waals surface area contributed by atoms with Gasteiger partial charge in [0, 0.05) is 18.8 Å². The van der Waals surface area contributed by atoms with Gasteiger partial charge in [0.15, 0.2) is 0 Å². The zero-order valence-electron chi connectivity index (χ0n) is 11.7. The Hall–Kier alpha value is -1.34. The van der Waals surface area contributed by atoms with Crippen molar-refractivity contribution in [3.8, 4) is 0 Å². The van der Waals surface area contributed by atoms with Crippen molar-refractivity contribution in [1.29, 1.82) is 0 Å². The molecule has 0 spiro atoms. The van der Waals surface area contributed by atoms with E-state index in [9.17, 15) is 13.2 Å². The monoisotopic (exact) mass is 300 g/mol. The van der Waals surface area contributed by atoms with Gasteiger partial charge >= 0.3 is 5.97 Å². The minimum absolute atomic E-state index is 0.00583. The molecule has 6 nitrogen and oxygen atoms in total. The summed E-state index contributed by atoms with van der Waals surface area (Å²) in [5, 5.41) is 9.12. The Morgan fingerprint density at radius 2 is 2.20 bits per heavy atom. The quantitative estimate of drug-likeness (QED) is 0.801. The third-order valence-electron chi connectivity index (χ3n) is 3.54. The van der Waals surface area contributed by atoms with Crippen molar-refractivity contribution in [2.75, 3.05) is 0 Å². The van der Waals surface area contributed by atoms with Crippen molar-refractivity contribution < 1.29 is 18.3 Å². The molecular formula is C13H20N2O4S. The number of nitrogens with one attached hydrogen (secondary N) is 1. The molecule has 1 aromatic heterocycles. The molecule has 0 saturated heterocycles. The van der Waals surface area contributed by atoms with Gasteiger partial charge < -0.3 is 9.67 Å². The average molecular weight is 300 g/mol. The number of hydrogen-bond acceptors (Lipinski definition) is 3. The summed E-state index contributed by atoms with van der Waals surface area (Å²) in [7, 11) is -3.65. The molecule has 1 aromatic rings. The van der Waals surface area contributed by atoms with Crippen molar-refractivity contribution in [1.82, 2.24) is 9.29 Å². The minimum atomic E-state index is -3.65. The molecule has 0 aliphatic heterocycles. The van der Waals surface area contributed by atoms with Crippen LogP contribution in [0, 0.1) is 5.92 Å². The van der Waals surface area contributed by atoms with Crippen LogP contribution in [0.5, 0.6) is 0 Å². The summed E-state index contributed by atoms with van der Waals surface area (Å²) in [6.07, 6.45) is 4.22. The van der Waals surface area contributed by atoms with E-state index in [0.717, 1.165) is 19.3 Å². The predicted molar refractivity (Wildman–Crippen MR) is 74.2 cm³/mol. The molecule has 0 amide bonds. The molecule has 1 aliphatic rings. The summed E-state index contributed by atoms with van der Waals surface area (Å²) in [6, 6.07) is 1.11. The van der Waals surface area contributed by atoms with Crippen LogP contribution in [-0.4, -0.2) is 30.1 Å². The Bertz CT molecular complexity index is 602. The highest BCUT2D eigenvalue weighted by Gasteiger charge is 2.32. The fraction of sp³-hybridized carbons (Fsp3) is 0.615. The summed E-state index contributed by atoms with van der Waals surface area (Å²) in [5.41, 5.74) is 0.00583. The number of sulfonamides is 1. The second-order valence-corrected chi connectivity index (χ2v) is 7.02. The molecule has 0 radical (unpaired) electrons. The van der Waals surface area contributed by atoms with E-state index in [1.54, 1.807) is 0 Å². The van der Waals surface area contributed by atoms with E-state index >= 15 is 0 Å². The Balaban J connectivity index is 2.26. The van der Waals surface area contributed by atoms with Gasteiger partial charge in [0.1, 0.15) is 10.6 Å². The molecule has 20 heavy (non-hydrogen) atoms. The van der Waals surface area contributed by atoms with Crippen LogP contribution in [0.3, 0.4) is 0 Å². The maximum atomic E-state index is 12.2. The minimum Gasteiger partial charge on any atom is -0.477 e. The van der Waals surface area contributed by atoms with E-state index < -0.39 is 16.0 Å². The Morgan fingerprint density at radius 1 is 1.55 bits per heavy atom. The summed E-state index contributed by atoms with van der Waals surface area (Å²) >= 11 is 0. The SMILES string of the molecule is CCCn1cc(S(=O)(=O)NC(C)C2CC2)cc1C(=O)O. The summed E-state index contributed by atoms with van der Waals surface area (Å²) in [5.74, 6) is -0.711. The van der Waals surface area contributed by atoms with Gasteiger partial charge in [-0.2, -0.15) is 0 Å². The average Bonchev–Trinajstić information content (AvgIpc) is 3.10. The highest BCUT2D eigenvalue weighted by atomic mass is 32.2. The van der Waals surface area contributed by atoms with Gasteiger partial charge in [-0.1, -0.05) is 6.92 Å². The first-order chi connectivity index (χ1) is 9.35. The lowest BCUT2D eigenvalue weighted by atomic mass is 10.2. The Morgan fingerprint density at radius 3 is 2.70 bits per heavy atom. The van der Waals surface area contributed by atoms with Gasteiger partial charge in [0.25, 0.3) is 0 Å². The first-order valence-corrected chi connectivity index (χ1v) is 8.29. The zero-order valence-corrected chi connectivity index (χ0v) is 12.5. The van der Waals surface area contributed by atoms with Crippen molar-refractivity contribution in [2.45, 2.75) is 50.6 Å². The molecule has 1 atom stereocenters. The number of aromatic carboxylic acids is 1. The van der Waals surface area contributed by atoms with Crippen LogP contribution in [0.2, 0.25) is 0 Å². The fourth-order valence-electron chi connectivity index (χ4n) is 2.24. The van der Waals surface area contributed by atoms with Crippen LogP contribution in [0.1, 0.15) is 43.6 Å². The molecule has 0 bridgehead atoms. The normalized spacial score (nSPS) is 17.1. The molecular weight excluding hydrogens is 280 g/mol. The van der Waals surface area contributed by atoms with Gasteiger partial charge in [0.2, 0.25) is 10.0 Å². The maximum absolute atomic E-state index is 12.2. The molecule has 2 N–H and O–H groups in total. The van der Waals surface area contributed by atoms with E-state index in [1.807, 2.05) is 13.8 Å². The zero-order chi connectivity index (χ0) is 14.9. The molecule has 1 heterocycles. The van der Waals surface area contributed by atoms with Crippen LogP contribution in [-0.2, 0) is 16.6 Å². The molecule has 112 valence electrons. The van der Waals surface area contributed by atoms with Crippen molar-refractivity contribution >= 4 is 16.0 Å². The van der Waals surface area contributed by atoms with E-state index in [4.69, 9.17) is 5.11 Å². The maximum Gasteiger partial charge on any atom is 0.352 e. The molecule has 2 rings (SSSR count). The number of nitrogens with zero attached hydrogens (tertiary/aromatic N) is 1. The summed E-state index contributed by atoms with van der Waals surface area (Å²) in [6.45, 7) is 4.24. The number of hydrogen-bond donors (Lipinski definition) is 2. The van der Waals surface area contributed by atoms with Gasteiger partial charge in [-0.3, -0.25) is 0 Å². The lowest BCUT2D eigenvalue weighted by Gasteiger charge is -2.12. The number of aryl methyl sites for hydroxylation is 1. The van der Waals surface area contributed by atoms with Gasteiger partial charge in [-0.15, -0.1) is 0 Å². The first-order valence-electron chi connectivity index (χ1n) is 6.81. The second-order valence-electron chi connectivity index (χ2n) is 5.31. The number of carboxylic acids is 1. The van der Waals surface area contributed by atoms with Crippen LogP contribution in [0.4, 0.5) is 0 Å². The topological polar surface area (TPSA) is 88.4 Å². The first kappa shape index (κ1) is 15.1. The number of carboxylic acid groups (broad SMARTS) is 1. The highest BCUT2D eigenvalue weighted by molar-refractivity contribution is 7.89. The van der Waals surface area contributed by atoms with E-state index in [-0.39, 0.29) is 16.6 Å². The van der Waals surface area contributed by atoms with Crippen molar-refractivity contribution in [3.63, 3.8) is 0 Å². The molecule has 1 fully saturated rings. The van der Waals surface area contributed by atoms with Gasteiger partial charge in [-0.05, 0) is 38.2 Å². The summed E-state index contributed by atoms with van der Waals surface area (Å²) < 4.78 is 28.6. The number of rotatable bonds is 7. The second kappa shape index (κ2) is 5.57. The van der Waals surface area contributed by atoms with Crippen LogP contribution < -0.4 is 4.72 Å². The third-order valence-corrected chi connectivity index (χ3v) is 5.06. The van der Waals surface area contributed by atoms with Gasteiger partial charge in [-0.25, -0.2) is 17.9 Å². The standard InChI is InChI=1S/C13H20N2O4S/c1-3-6-15-8-11(7-12(15)13(16)17)20(18,19)14-9(2)10-4-5-10/h7-10,14H,3-6H2,1-2H3,(H,16,17). The fourth-order valence-corrected chi connectivity index (χ4v) is 3.59. The molecule has 0 aromatic carbocycles. The third kappa shape index (κ3) is 3.21. The van der Waals surface area contributed by atoms with E-state index in [1.165, 1.54) is 16.8 Å². The van der Waals surface area contributed by atoms with Crippen molar-refractivity contribution in [2.24, 2.45) is 5.92 Å².